The molecule has 1 aliphatic rings. The molecule has 1 saturated heterocycles. The van der Waals surface area contributed by atoms with Crippen LogP contribution in [0.3, 0.4) is 0 Å². The summed E-state index contributed by atoms with van der Waals surface area (Å²) in [5, 5.41) is 14.0. The van der Waals surface area contributed by atoms with E-state index in [0.29, 0.717) is 22.6 Å². The van der Waals surface area contributed by atoms with Crippen molar-refractivity contribution in [1.29, 1.82) is 0 Å². The molecular formula is C15H22Cl2N2O. The van der Waals surface area contributed by atoms with Crippen molar-refractivity contribution >= 4 is 23.2 Å². The number of aliphatic hydroxyl groups is 1. The molecule has 0 bridgehead atoms. The van der Waals surface area contributed by atoms with E-state index in [9.17, 15) is 5.11 Å². The Balaban J connectivity index is 2.12. The van der Waals surface area contributed by atoms with Crippen molar-refractivity contribution in [2.24, 2.45) is 0 Å². The Labute approximate surface area is 130 Å². The summed E-state index contributed by atoms with van der Waals surface area (Å²) in [6, 6.07) is 6.36. The maximum absolute atomic E-state index is 9.31. The van der Waals surface area contributed by atoms with Gasteiger partial charge in [-0.05, 0) is 37.9 Å². The van der Waals surface area contributed by atoms with Crippen LogP contribution in [0.4, 0.5) is 0 Å². The van der Waals surface area contributed by atoms with Gasteiger partial charge in [-0.1, -0.05) is 35.3 Å². The molecule has 1 aromatic rings. The summed E-state index contributed by atoms with van der Waals surface area (Å²) in [7, 11) is 0. The van der Waals surface area contributed by atoms with Crippen LogP contribution in [0.2, 0.25) is 10.0 Å². The number of rotatable bonds is 6. The second kappa shape index (κ2) is 7.62. The van der Waals surface area contributed by atoms with Crippen molar-refractivity contribution in [2.45, 2.75) is 31.8 Å². The zero-order valence-corrected chi connectivity index (χ0v) is 13.3. The SMILES string of the molecule is CC(c1cccc(Cl)c1Cl)N(CCO)CC1CCCN1. The monoisotopic (exact) mass is 316 g/mol. The number of benzene rings is 1. The van der Waals surface area contributed by atoms with Crippen molar-refractivity contribution in [3.8, 4) is 0 Å². The molecular weight excluding hydrogens is 295 g/mol. The van der Waals surface area contributed by atoms with Crippen molar-refractivity contribution in [1.82, 2.24) is 10.2 Å². The summed E-state index contributed by atoms with van der Waals surface area (Å²) in [5.41, 5.74) is 1.02. The third-order valence-corrected chi connectivity index (χ3v) is 4.82. The van der Waals surface area contributed by atoms with Gasteiger partial charge in [0, 0.05) is 25.2 Å². The fraction of sp³-hybridized carbons (Fsp3) is 0.600. The summed E-state index contributed by atoms with van der Waals surface area (Å²) in [6.07, 6.45) is 2.42. The van der Waals surface area contributed by atoms with Crippen molar-refractivity contribution in [2.75, 3.05) is 26.2 Å². The van der Waals surface area contributed by atoms with E-state index in [4.69, 9.17) is 23.2 Å². The molecule has 0 saturated carbocycles. The summed E-state index contributed by atoms with van der Waals surface area (Å²) < 4.78 is 0. The molecule has 5 heteroatoms. The average Bonchev–Trinajstić information content (AvgIpc) is 2.94. The quantitative estimate of drug-likeness (QED) is 0.846. The fourth-order valence-electron chi connectivity index (χ4n) is 2.81. The molecule has 0 aliphatic carbocycles. The Bertz CT molecular complexity index is 436. The predicted octanol–water partition coefficient (Wildman–Crippen LogP) is 3.10. The van der Waals surface area contributed by atoms with Gasteiger partial charge in [-0.2, -0.15) is 0 Å². The Morgan fingerprint density at radius 1 is 1.45 bits per heavy atom. The minimum absolute atomic E-state index is 0.135. The first kappa shape index (κ1) is 16.1. The van der Waals surface area contributed by atoms with E-state index in [1.165, 1.54) is 12.8 Å². The molecule has 112 valence electrons. The van der Waals surface area contributed by atoms with Crippen LogP contribution in [0.25, 0.3) is 0 Å². The zero-order chi connectivity index (χ0) is 14.5. The number of halogens is 2. The smallest absolute Gasteiger partial charge is 0.0640 e. The van der Waals surface area contributed by atoms with Crippen molar-refractivity contribution < 1.29 is 5.11 Å². The molecule has 0 radical (unpaired) electrons. The summed E-state index contributed by atoms with van der Waals surface area (Å²) in [6.45, 7) is 4.91. The molecule has 20 heavy (non-hydrogen) atoms. The van der Waals surface area contributed by atoms with E-state index in [1.807, 2.05) is 12.1 Å². The van der Waals surface area contributed by atoms with E-state index in [2.05, 4.69) is 17.1 Å². The van der Waals surface area contributed by atoms with Crippen LogP contribution in [-0.4, -0.2) is 42.3 Å². The van der Waals surface area contributed by atoms with E-state index < -0.39 is 0 Å². The van der Waals surface area contributed by atoms with Crippen molar-refractivity contribution in [3.05, 3.63) is 33.8 Å². The normalized spacial score (nSPS) is 20.6. The second-order valence-electron chi connectivity index (χ2n) is 5.33. The first-order valence-electron chi connectivity index (χ1n) is 7.15. The topological polar surface area (TPSA) is 35.5 Å². The molecule has 0 aromatic heterocycles. The van der Waals surface area contributed by atoms with E-state index in [-0.39, 0.29) is 12.6 Å². The summed E-state index contributed by atoms with van der Waals surface area (Å²) >= 11 is 12.4. The molecule has 1 fully saturated rings. The Morgan fingerprint density at radius 3 is 2.90 bits per heavy atom. The van der Waals surface area contributed by atoms with Gasteiger partial charge < -0.3 is 10.4 Å². The summed E-state index contributed by atoms with van der Waals surface area (Å²) in [5.74, 6) is 0. The van der Waals surface area contributed by atoms with Gasteiger partial charge >= 0.3 is 0 Å². The van der Waals surface area contributed by atoms with Gasteiger partial charge in [0.25, 0.3) is 0 Å². The molecule has 2 rings (SSSR count). The van der Waals surface area contributed by atoms with Crippen LogP contribution in [0, 0.1) is 0 Å². The standard InChI is InChI=1S/C15H22Cl2N2O/c1-11(13-5-2-6-14(16)15(13)17)19(8-9-20)10-12-4-3-7-18-12/h2,5-6,11-12,18,20H,3-4,7-10H2,1H3. The van der Waals surface area contributed by atoms with Gasteiger partial charge in [0.2, 0.25) is 0 Å². The maximum Gasteiger partial charge on any atom is 0.0640 e. The lowest BCUT2D eigenvalue weighted by molar-refractivity contribution is 0.147. The van der Waals surface area contributed by atoms with Gasteiger partial charge in [0.05, 0.1) is 16.7 Å². The minimum Gasteiger partial charge on any atom is -0.395 e. The lowest BCUT2D eigenvalue weighted by atomic mass is 10.1. The third kappa shape index (κ3) is 3.86. The third-order valence-electron chi connectivity index (χ3n) is 3.98. The van der Waals surface area contributed by atoms with E-state index in [0.717, 1.165) is 18.7 Å². The number of aliphatic hydroxyl groups excluding tert-OH is 1. The minimum atomic E-state index is 0.135. The van der Waals surface area contributed by atoms with Crippen LogP contribution >= 0.6 is 23.2 Å². The maximum atomic E-state index is 9.31. The Kier molecular flexibility index (Phi) is 6.12. The zero-order valence-electron chi connectivity index (χ0n) is 11.8. The highest BCUT2D eigenvalue weighted by Crippen LogP contribution is 2.32. The molecule has 0 amide bonds. The van der Waals surface area contributed by atoms with Gasteiger partial charge in [-0.3, -0.25) is 4.90 Å². The first-order chi connectivity index (χ1) is 9.63. The van der Waals surface area contributed by atoms with Crippen LogP contribution in [0.1, 0.15) is 31.4 Å². The van der Waals surface area contributed by atoms with E-state index in [1.54, 1.807) is 6.07 Å². The van der Waals surface area contributed by atoms with E-state index >= 15 is 0 Å². The molecule has 1 heterocycles. The lowest BCUT2D eigenvalue weighted by Crippen LogP contribution is -2.40. The van der Waals surface area contributed by atoms with Gasteiger partial charge in [-0.15, -0.1) is 0 Å². The van der Waals surface area contributed by atoms with Crippen LogP contribution < -0.4 is 5.32 Å². The van der Waals surface area contributed by atoms with Gasteiger partial charge in [0.1, 0.15) is 0 Å². The van der Waals surface area contributed by atoms with Crippen LogP contribution in [0.5, 0.6) is 0 Å². The Morgan fingerprint density at radius 2 is 2.25 bits per heavy atom. The number of hydrogen-bond acceptors (Lipinski definition) is 3. The van der Waals surface area contributed by atoms with Crippen LogP contribution in [-0.2, 0) is 0 Å². The number of hydrogen-bond donors (Lipinski definition) is 2. The highest BCUT2D eigenvalue weighted by Gasteiger charge is 2.23. The van der Waals surface area contributed by atoms with Crippen LogP contribution in [0.15, 0.2) is 18.2 Å². The molecule has 1 aromatic carbocycles. The van der Waals surface area contributed by atoms with Gasteiger partial charge in [0.15, 0.2) is 0 Å². The fourth-order valence-corrected chi connectivity index (χ4v) is 3.27. The van der Waals surface area contributed by atoms with Crippen molar-refractivity contribution in [3.63, 3.8) is 0 Å². The molecule has 2 N–H and O–H groups in total. The first-order valence-corrected chi connectivity index (χ1v) is 7.91. The highest BCUT2D eigenvalue weighted by molar-refractivity contribution is 6.42. The molecule has 2 unspecified atom stereocenters. The summed E-state index contributed by atoms with van der Waals surface area (Å²) in [4.78, 5) is 2.26. The Hall–Kier alpha value is -0.320. The predicted molar refractivity (Wildman–Crippen MR) is 84.6 cm³/mol. The second-order valence-corrected chi connectivity index (χ2v) is 6.12. The molecule has 2 atom stereocenters. The molecule has 3 nitrogen and oxygen atoms in total. The molecule has 1 aliphatic heterocycles. The number of nitrogens with one attached hydrogen (secondary N) is 1. The highest BCUT2D eigenvalue weighted by atomic mass is 35.5. The average molecular weight is 317 g/mol. The molecule has 0 spiro atoms. The van der Waals surface area contributed by atoms with Gasteiger partial charge in [-0.25, -0.2) is 0 Å². The lowest BCUT2D eigenvalue weighted by Gasteiger charge is -2.31. The number of nitrogens with zero attached hydrogens (tertiary/aromatic N) is 1. The largest absolute Gasteiger partial charge is 0.395 e.